The molecule has 1 nitrogen and oxygen atoms in total. The van der Waals surface area contributed by atoms with Gasteiger partial charge in [-0.15, -0.1) is 0 Å². The van der Waals surface area contributed by atoms with Crippen molar-refractivity contribution in [3.63, 3.8) is 0 Å². The van der Waals surface area contributed by atoms with Crippen LogP contribution in [0.4, 0.5) is 0 Å². The van der Waals surface area contributed by atoms with E-state index in [0.717, 1.165) is 0 Å². The summed E-state index contributed by atoms with van der Waals surface area (Å²) < 4.78 is 5.63. The van der Waals surface area contributed by atoms with Gasteiger partial charge in [0.2, 0.25) is 0 Å². The van der Waals surface area contributed by atoms with Gasteiger partial charge in [0.25, 0.3) is 0 Å². The van der Waals surface area contributed by atoms with Crippen LogP contribution in [0.5, 0.6) is 0 Å². The predicted octanol–water partition coefficient (Wildman–Crippen LogP) is 7.51. The first-order valence-corrected chi connectivity index (χ1v) is 7.21. The first-order valence-electron chi connectivity index (χ1n) is 4.95. The zero-order chi connectivity index (χ0) is 13.9. The van der Waals surface area contributed by atoms with Crippen molar-refractivity contribution in [3.05, 3.63) is 42.3 Å². The van der Waals surface area contributed by atoms with Crippen LogP contribution in [0.1, 0.15) is 0 Å². The maximum Gasteiger partial charge on any atom is 0.138 e. The maximum atomic E-state index is 6.20. The van der Waals surface area contributed by atoms with Crippen LogP contribution in [0.3, 0.4) is 0 Å². The fraction of sp³-hybridized carbons (Fsp3) is 0. The molecule has 0 atom stereocenters. The van der Waals surface area contributed by atoms with Gasteiger partial charge in [-0.25, -0.2) is 0 Å². The minimum Gasteiger partial charge on any atom is -0.456 e. The molecular formula is C12H2Cl6O. The Morgan fingerprint density at radius 3 is 1.32 bits per heavy atom. The molecular weight excluding hydrogens is 373 g/mol. The Kier molecular flexibility index (Phi) is 3.50. The minimum atomic E-state index is 0.237. The van der Waals surface area contributed by atoms with E-state index in [1.807, 2.05) is 0 Å². The van der Waals surface area contributed by atoms with Gasteiger partial charge >= 0.3 is 0 Å². The van der Waals surface area contributed by atoms with Crippen molar-refractivity contribution in [1.29, 1.82) is 0 Å². The lowest BCUT2D eigenvalue weighted by molar-refractivity contribution is 0.669. The highest BCUT2D eigenvalue weighted by molar-refractivity contribution is 6.54. The fourth-order valence-electron chi connectivity index (χ4n) is 1.89. The van der Waals surface area contributed by atoms with Crippen LogP contribution >= 0.6 is 69.6 Å². The number of halogens is 6. The van der Waals surface area contributed by atoms with Gasteiger partial charge in [-0.3, -0.25) is 0 Å². The van der Waals surface area contributed by atoms with E-state index in [1.54, 1.807) is 12.1 Å². The highest BCUT2D eigenvalue weighted by Crippen LogP contribution is 2.46. The van der Waals surface area contributed by atoms with E-state index in [0.29, 0.717) is 32.0 Å². The maximum absolute atomic E-state index is 6.20. The van der Waals surface area contributed by atoms with E-state index in [-0.39, 0.29) is 20.1 Å². The fourth-order valence-corrected chi connectivity index (χ4v) is 3.25. The van der Waals surface area contributed by atoms with Crippen molar-refractivity contribution in [2.45, 2.75) is 0 Å². The summed E-state index contributed by atoms with van der Waals surface area (Å²) in [5, 5.41) is 2.73. The lowest BCUT2D eigenvalue weighted by atomic mass is 10.1. The van der Waals surface area contributed by atoms with E-state index in [2.05, 4.69) is 0 Å². The van der Waals surface area contributed by atoms with E-state index in [9.17, 15) is 0 Å². The van der Waals surface area contributed by atoms with Gasteiger partial charge < -0.3 is 4.42 Å². The number of fused-ring (bicyclic) bond motifs is 3. The molecule has 3 rings (SSSR count). The quantitative estimate of drug-likeness (QED) is 0.371. The van der Waals surface area contributed by atoms with Crippen LogP contribution in [-0.4, -0.2) is 0 Å². The summed E-state index contributed by atoms with van der Waals surface area (Å²) in [5.41, 5.74) is 0.935. The van der Waals surface area contributed by atoms with Gasteiger partial charge in [-0.1, -0.05) is 69.6 Å². The SMILES string of the molecule is Clc1cc2oc3cc(Cl)c(Cl)c(Cl)c3c2c(Cl)c1Cl. The summed E-state index contributed by atoms with van der Waals surface area (Å²) in [6.45, 7) is 0. The molecule has 19 heavy (non-hydrogen) atoms. The summed E-state index contributed by atoms with van der Waals surface area (Å²) in [6.07, 6.45) is 0. The third kappa shape index (κ3) is 1.99. The number of benzene rings is 2. The molecule has 0 fully saturated rings. The third-order valence-electron chi connectivity index (χ3n) is 2.72. The predicted molar refractivity (Wildman–Crippen MR) is 83.8 cm³/mol. The van der Waals surface area contributed by atoms with Gasteiger partial charge in [0.15, 0.2) is 0 Å². The van der Waals surface area contributed by atoms with E-state index in [1.165, 1.54) is 0 Å². The topological polar surface area (TPSA) is 13.1 Å². The zero-order valence-electron chi connectivity index (χ0n) is 8.83. The molecule has 0 bridgehead atoms. The molecule has 0 unspecified atom stereocenters. The van der Waals surface area contributed by atoms with Gasteiger partial charge in [-0.05, 0) is 0 Å². The van der Waals surface area contributed by atoms with Crippen LogP contribution in [0.15, 0.2) is 16.5 Å². The molecule has 0 saturated carbocycles. The Morgan fingerprint density at radius 2 is 0.947 bits per heavy atom. The summed E-state index contributed by atoms with van der Waals surface area (Å²) in [5.74, 6) is 0. The first kappa shape index (κ1) is 13.9. The molecule has 2 aromatic carbocycles. The highest BCUT2D eigenvalue weighted by Gasteiger charge is 2.20. The second kappa shape index (κ2) is 4.77. The van der Waals surface area contributed by atoms with E-state index in [4.69, 9.17) is 74.0 Å². The molecule has 0 aliphatic heterocycles. The average molecular weight is 375 g/mol. The van der Waals surface area contributed by atoms with Crippen LogP contribution < -0.4 is 0 Å². The molecule has 98 valence electrons. The van der Waals surface area contributed by atoms with Crippen LogP contribution in [0.2, 0.25) is 30.1 Å². The van der Waals surface area contributed by atoms with Crippen molar-refractivity contribution in [2.75, 3.05) is 0 Å². The van der Waals surface area contributed by atoms with Crippen LogP contribution in [0, 0.1) is 0 Å². The second-order valence-electron chi connectivity index (χ2n) is 3.82. The monoisotopic (exact) mass is 372 g/mol. The standard InChI is InChI=1S/C12H2Cl6O/c13-3-1-5-7(11(17)9(3)15)8-6(19-5)2-4(14)10(16)12(8)18/h1-2H. The molecule has 0 radical (unpaired) electrons. The Balaban J connectivity index is 2.64. The molecule has 0 amide bonds. The summed E-state index contributed by atoms with van der Waals surface area (Å²) >= 11 is 36.4. The molecule has 1 aromatic heterocycles. The Morgan fingerprint density at radius 1 is 0.579 bits per heavy atom. The number of hydrogen-bond acceptors (Lipinski definition) is 1. The van der Waals surface area contributed by atoms with Crippen LogP contribution in [0.25, 0.3) is 21.9 Å². The van der Waals surface area contributed by atoms with E-state index < -0.39 is 0 Å². The minimum absolute atomic E-state index is 0.237. The van der Waals surface area contributed by atoms with Gasteiger partial charge in [-0.2, -0.15) is 0 Å². The largest absolute Gasteiger partial charge is 0.456 e. The molecule has 0 aliphatic rings. The van der Waals surface area contributed by atoms with Crippen molar-refractivity contribution in [3.8, 4) is 0 Å². The summed E-state index contributed by atoms with van der Waals surface area (Å²) in [6, 6.07) is 3.15. The van der Waals surface area contributed by atoms with Crippen molar-refractivity contribution in [2.24, 2.45) is 0 Å². The second-order valence-corrected chi connectivity index (χ2v) is 6.15. The third-order valence-corrected chi connectivity index (χ3v) is 5.25. The van der Waals surface area contributed by atoms with E-state index >= 15 is 0 Å². The molecule has 0 N–H and O–H groups in total. The van der Waals surface area contributed by atoms with Crippen molar-refractivity contribution >= 4 is 91.5 Å². The molecule has 3 aromatic rings. The lowest BCUT2D eigenvalue weighted by Gasteiger charge is -2.02. The zero-order valence-corrected chi connectivity index (χ0v) is 13.4. The Bertz CT molecular complexity index is 767. The molecule has 0 spiro atoms. The average Bonchev–Trinajstić information content (AvgIpc) is 2.71. The van der Waals surface area contributed by atoms with Crippen molar-refractivity contribution in [1.82, 2.24) is 0 Å². The summed E-state index contributed by atoms with van der Waals surface area (Å²) in [4.78, 5) is 0. The lowest BCUT2D eigenvalue weighted by Crippen LogP contribution is -1.77. The number of rotatable bonds is 0. The molecule has 0 aliphatic carbocycles. The highest BCUT2D eigenvalue weighted by atomic mass is 35.5. The smallest absolute Gasteiger partial charge is 0.138 e. The van der Waals surface area contributed by atoms with Gasteiger partial charge in [0, 0.05) is 22.9 Å². The van der Waals surface area contributed by atoms with Gasteiger partial charge in [0.05, 0.1) is 30.1 Å². The van der Waals surface area contributed by atoms with Gasteiger partial charge in [0.1, 0.15) is 11.2 Å². The Hall–Kier alpha value is -0.0200. The normalized spacial score (nSPS) is 11.7. The summed E-state index contributed by atoms with van der Waals surface area (Å²) in [7, 11) is 0. The number of furan rings is 1. The number of hydrogen-bond donors (Lipinski definition) is 0. The molecule has 7 heteroatoms. The first-order chi connectivity index (χ1) is 8.91. The van der Waals surface area contributed by atoms with Crippen molar-refractivity contribution < 1.29 is 4.42 Å². The molecule has 0 saturated heterocycles. The Labute approximate surface area is 137 Å². The molecule has 1 heterocycles. The van der Waals surface area contributed by atoms with Crippen LogP contribution in [-0.2, 0) is 0 Å².